The molecule has 0 bridgehead atoms. The molecule has 5 heteroatoms. The molecule has 1 aliphatic rings. The van der Waals surface area contributed by atoms with E-state index in [-0.39, 0.29) is 0 Å². The second-order valence-corrected chi connectivity index (χ2v) is 3.00. The zero-order valence-corrected chi connectivity index (χ0v) is 7.82. The molecule has 0 radical (unpaired) electrons. The molecular weight excluding hydrogens is 176 g/mol. The van der Waals surface area contributed by atoms with E-state index in [0.29, 0.717) is 5.11 Å². The molecule has 12 heavy (non-hydrogen) atoms. The van der Waals surface area contributed by atoms with Crippen LogP contribution < -0.4 is 5.32 Å². The lowest BCUT2D eigenvalue weighted by atomic mass is 10.4. The van der Waals surface area contributed by atoms with Gasteiger partial charge in [0.2, 0.25) is 0 Å². The van der Waals surface area contributed by atoms with Crippen molar-refractivity contribution in [2.24, 2.45) is 0 Å². The molecule has 0 unspecified atom stereocenters. The molecule has 1 aliphatic heterocycles. The van der Waals surface area contributed by atoms with Crippen molar-refractivity contribution < 1.29 is 9.53 Å². The maximum atomic E-state index is 10.7. The van der Waals surface area contributed by atoms with E-state index in [1.54, 1.807) is 0 Å². The summed E-state index contributed by atoms with van der Waals surface area (Å²) in [6, 6.07) is 0. The van der Waals surface area contributed by atoms with Gasteiger partial charge < -0.3 is 9.64 Å². The molecule has 0 aromatic carbocycles. The van der Waals surface area contributed by atoms with Crippen LogP contribution in [0.3, 0.4) is 0 Å². The minimum atomic E-state index is -0.494. The number of likely N-dealkylation sites (tertiary alicyclic amines) is 1. The van der Waals surface area contributed by atoms with Gasteiger partial charge in [0, 0.05) is 13.1 Å². The van der Waals surface area contributed by atoms with Crippen molar-refractivity contribution >= 4 is 23.4 Å². The molecule has 1 N–H and O–H groups in total. The van der Waals surface area contributed by atoms with E-state index in [0.717, 1.165) is 25.9 Å². The third kappa shape index (κ3) is 2.34. The molecule has 1 heterocycles. The summed E-state index contributed by atoms with van der Waals surface area (Å²) in [6.07, 6.45) is 1.79. The van der Waals surface area contributed by atoms with Crippen LogP contribution in [0, 0.1) is 0 Å². The van der Waals surface area contributed by atoms with Crippen molar-refractivity contribution in [1.29, 1.82) is 0 Å². The normalized spacial score (nSPS) is 15.9. The van der Waals surface area contributed by atoms with Gasteiger partial charge in [-0.05, 0) is 25.1 Å². The zero-order valence-electron chi connectivity index (χ0n) is 7.00. The van der Waals surface area contributed by atoms with Crippen LogP contribution in [0.2, 0.25) is 0 Å². The zero-order chi connectivity index (χ0) is 8.97. The number of thiocarbonyl (C=S) groups is 1. The number of ether oxygens (including phenoxy) is 1. The van der Waals surface area contributed by atoms with E-state index in [9.17, 15) is 4.79 Å². The molecule has 0 aromatic rings. The molecule has 68 valence electrons. The van der Waals surface area contributed by atoms with Crippen LogP contribution in [0.15, 0.2) is 0 Å². The Kier molecular flexibility index (Phi) is 3.28. The van der Waals surface area contributed by atoms with Gasteiger partial charge in [-0.2, -0.15) is 0 Å². The highest BCUT2D eigenvalue weighted by atomic mass is 32.1. The summed E-state index contributed by atoms with van der Waals surface area (Å²) < 4.78 is 4.42. The Hall–Kier alpha value is -0.840. The van der Waals surface area contributed by atoms with Crippen LogP contribution in [0.4, 0.5) is 4.79 Å². The Labute approximate surface area is 76.9 Å². The maximum absolute atomic E-state index is 10.7. The molecule has 1 rings (SSSR count). The Morgan fingerprint density at radius 1 is 1.50 bits per heavy atom. The van der Waals surface area contributed by atoms with Gasteiger partial charge >= 0.3 is 6.09 Å². The van der Waals surface area contributed by atoms with Gasteiger partial charge in [-0.1, -0.05) is 0 Å². The average Bonchev–Trinajstić information content (AvgIpc) is 2.56. The van der Waals surface area contributed by atoms with Crippen molar-refractivity contribution in [3.8, 4) is 0 Å². The highest BCUT2D eigenvalue weighted by molar-refractivity contribution is 7.80. The highest BCUT2D eigenvalue weighted by Crippen LogP contribution is 2.06. The lowest BCUT2D eigenvalue weighted by Crippen LogP contribution is -2.40. The largest absolute Gasteiger partial charge is 0.453 e. The Bertz CT molecular complexity index is 190. The minimum absolute atomic E-state index is 0.472. The van der Waals surface area contributed by atoms with Gasteiger partial charge in [-0.25, -0.2) is 4.79 Å². The minimum Gasteiger partial charge on any atom is -0.453 e. The number of carbonyl (C=O) groups is 1. The predicted octanol–water partition coefficient (Wildman–Crippen LogP) is 0.723. The van der Waals surface area contributed by atoms with E-state index in [4.69, 9.17) is 12.2 Å². The maximum Gasteiger partial charge on any atom is 0.413 e. The lowest BCUT2D eigenvalue weighted by molar-refractivity contribution is 0.176. The quantitative estimate of drug-likeness (QED) is 0.569. The summed E-state index contributed by atoms with van der Waals surface area (Å²) >= 11 is 4.97. The number of nitrogens with zero attached hydrogens (tertiary/aromatic N) is 1. The number of hydrogen-bond acceptors (Lipinski definition) is 3. The van der Waals surface area contributed by atoms with E-state index >= 15 is 0 Å². The molecule has 1 saturated heterocycles. The van der Waals surface area contributed by atoms with Gasteiger partial charge in [0.05, 0.1) is 7.11 Å². The van der Waals surface area contributed by atoms with E-state index in [1.165, 1.54) is 7.11 Å². The summed E-state index contributed by atoms with van der Waals surface area (Å²) in [4.78, 5) is 12.7. The van der Waals surface area contributed by atoms with Gasteiger partial charge in [-0.15, -0.1) is 0 Å². The number of alkyl carbamates (subject to hydrolysis) is 1. The van der Waals surface area contributed by atoms with Crippen molar-refractivity contribution in [2.45, 2.75) is 12.8 Å². The molecule has 0 aromatic heterocycles. The molecule has 0 aliphatic carbocycles. The van der Waals surface area contributed by atoms with Crippen molar-refractivity contribution in [1.82, 2.24) is 10.2 Å². The van der Waals surface area contributed by atoms with Crippen LogP contribution in [-0.4, -0.2) is 36.3 Å². The smallest absolute Gasteiger partial charge is 0.413 e. The fourth-order valence-electron chi connectivity index (χ4n) is 1.14. The summed E-state index contributed by atoms with van der Waals surface area (Å²) in [7, 11) is 1.32. The molecule has 4 nitrogen and oxygen atoms in total. The standard InChI is InChI=1S/C7H12N2O2S/c1-11-7(10)8-6(12)9-4-2-3-5-9/h2-5H2,1H3,(H,8,10,12). The number of methoxy groups -OCH3 is 1. The fourth-order valence-corrected chi connectivity index (χ4v) is 1.40. The summed E-state index contributed by atoms with van der Waals surface area (Å²) in [5.74, 6) is 0. The van der Waals surface area contributed by atoms with Crippen LogP contribution in [0.5, 0.6) is 0 Å². The SMILES string of the molecule is COC(=O)NC(=S)N1CCCC1. The number of hydrogen-bond donors (Lipinski definition) is 1. The monoisotopic (exact) mass is 188 g/mol. The first-order valence-electron chi connectivity index (χ1n) is 3.88. The summed E-state index contributed by atoms with van der Waals surface area (Å²) in [5.41, 5.74) is 0. The average molecular weight is 188 g/mol. The van der Waals surface area contributed by atoms with E-state index in [2.05, 4.69) is 10.1 Å². The molecule has 1 fully saturated rings. The summed E-state index contributed by atoms with van der Waals surface area (Å²) in [6.45, 7) is 1.87. The molecule has 0 spiro atoms. The molecule has 0 saturated carbocycles. The second kappa shape index (κ2) is 4.25. The Morgan fingerprint density at radius 3 is 2.58 bits per heavy atom. The Morgan fingerprint density at radius 2 is 2.08 bits per heavy atom. The first kappa shape index (κ1) is 9.25. The topological polar surface area (TPSA) is 41.6 Å². The first-order valence-corrected chi connectivity index (χ1v) is 4.28. The van der Waals surface area contributed by atoms with Gasteiger partial charge in [0.1, 0.15) is 0 Å². The second-order valence-electron chi connectivity index (χ2n) is 2.62. The summed E-state index contributed by atoms with van der Waals surface area (Å²) in [5, 5.41) is 2.94. The van der Waals surface area contributed by atoms with Crippen LogP contribution in [-0.2, 0) is 4.74 Å². The fraction of sp³-hybridized carbons (Fsp3) is 0.714. The number of amides is 1. The van der Waals surface area contributed by atoms with Crippen LogP contribution >= 0.6 is 12.2 Å². The van der Waals surface area contributed by atoms with Crippen LogP contribution in [0.1, 0.15) is 12.8 Å². The van der Waals surface area contributed by atoms with E-state index in [1.807, 2.05) is 4.90 Å². The number of nitrogens with one attached hydrogen (secondary N) is 1. The molecule has 1 amide bonds. The predicted molar refractivity (Wildman–Crippen MR) is 48.9 cm³/mol. The van der Waals surface area contributed by atoms with Gasteiger partial charge in [0.15, 0.2) is 5.11 Å². The first-order chi connectivity index (χ1) is 5.74. The van der Waals surface area contributed by atoms with Crippen molar-refractivity contribution in [2.75, 3.05) is 20.2 Å². The van der Waals surface area contributed by atoms with Crippen molar-refractivity contribution in [3.05, 3.63) is 0 Å². The van der Waals surface area contributed by atoms with Crippen molar-refractivity contribution in [3.63, 3.8) is 0 Å². The van der Waals surface area contributed by atoms with Gasteiger partial charge in [0.25, 0.3) is 0 Å². The third-order valence-electron chi connectivity index (χ3n) is 1.79. The Balaban J connectivity index is 2.32. The van der Waals surface area contributed by atoms with Gasteiger partial charge in [-0.3, -0.25) is 5.32 Å². The van der Waals surface area contributed by atoms with Crippen LogP contribution in [0.25, 0.3) is 0 Å². The third-order valence-corrected chi connectivity index (χ3v) is 2.15. The molecular formula is C7H12N2O2S. The molecule has 0 atom stereocenters. The number of rotatable bonds is 0. The number of carbonyl (C=O) groups excluding carboxylic acids is 1. The lowest BCUT2D eigenvalue weighted by Gasteiger charge is -2.17. The highest BCUT2D eigenvalue weighted by Gasteiger charge is 2.16. The van der Waals surface area contributed by atoms with E-state index < -0.39 is 6.09 Å².